The van der Waals surface area contributed by atoms with Gasteiger partial charge in [0, 0.05) is 0 Å². The molecule has 1 rings (SSSR count). The third kappa shape index (κ3) is 3.39. The van der Waals surface area contributed by atoms with Crippen LogP contribution in [0.25, 0.3) is 0 Å². The number of hydrogen-bond acceptors (Lipinski definition) is 3. The van der Waals surface area contributed by atoms with Gasteiger partial charge in [0.1, 0.15) is 0 Å². The number of rotatable bonds is 5. The summed E-state index contributed by atoms with van der Waals surface area (Å²) >= 11 is 0. The Hall–Kier alpha value is 0.271. The largest absolute Gasteiger partial charge is 0.416 e. The van der Waals surface area contributed by atoms with Crippen molar-refractivity contribution in [1.29, 1.82) is 0 Å². The lowest BCUT2D eigenvalue weighted by molar-refractivity contribution is 0.227. The van der Waals surface area contributed by atoms with Gasteiger partial charge in [-0.15, -0.1) is 6.58 Å². The van der Waals surface area contributed by atoms with Crippen molar-refractivity contribution in [2.45, 2.75) is 58.4 Å². The lowest BCUT2D eigenvalue weighted by Gasteiger charge is -2.50. The van der Waals surface area contributed by atoms with Crippen LogP contribution in [0.4, 0.5) is 0 Å². The fourth-order valence-corrected chi connectivity index (χ4v) is 18.0. The van der Waals surface area contributed by atoms with Crippen LogP contribution in [0.1, 0.15) is 27.2 Å². The van der Waals surface area contributed by atoms with E-state index in [9.17, 15) is 0 Å². The normalized spacial score (nSPS) is 42.4. The van der Waals surface area contributed by atoms with Crippen LogP contribution in [0.5, 0.6) is 0 Å². The van der Waals surface area contributed by atoms with Crippen LogP contribution in [0.2, 0.25) is 31.2 Å². The molecule has 1 aliphatic rings. The molecule has 1 aliphatic heterocycles. The Kier molecular flexibility index (Phi) is 4.96. The first kappa shape index (κ1) is 15.3. The van der Waals surface area contributed by atoms with Crippen LogP contribution < -0.4 is 0 Å². The Bertz CT molecular complexity index is 269. The van der Waals surface area contributed by atoms with E-state index < -0.39 is 25.7 Å². The van der Waals surface area contributed by atoms with Crippen molar-refractivity contribution in [2.75, 3.05) is 0 Å². The summed E-state index contributed by atoms with van der Waals surface area (Å²) in [5, 5.41) is 0. The minimum absolute atomic E-state index is 0.991. The van der Waals surface area contributed by atoms with E-state index in [0.717, 1.165) is 24.6 Å². The minimum atomic E-state index is -2.21. The highest BCUT2D eigenvalue weighted by atomic mass is 28.5. The Morgan fingerprint density at radius 3 is 1.71 bits per heavy atom. The summed E-state index contributed by atoms with van der Waals surface area (Å²) in [5.41, 5.74) is 1.97. The summed E-state index contributed by atoms with van der Waals surface area (Å²) < 4.78 is 19.0. The van der Waals surface area contributed by atoms with Gasteiger partial charge in [0.05, 0.1) is 0 Å². The molecule has 0 spiro atoms. The molecule has 0 saturated carbocycles. The average Bonchev–Trinajstić information content (AvgIpc) is 2.28. The molecule has 6 heteroatoms. The first-order valence-electron chi connectivity index (χ1n) is 6.60. The monoisotopic (exact) mass is 290 g/mol. The molecule has 0 N–H and O–H groups in total. The summed E-state index contributed by atoms with van der Waals surface area (Å²) in [6, 6.07) is 2.99. The van der Waals surface area contributed by atoms with Gasteiger partial charge in [0.25, 0.3) is 0 Å². The van der Waals surface area contributed by atoms with Gasteiger partial charge < -0.3 is 12.3 Å². The maximum atomic E-state index is 6.35. The highest BCUT2D eigenvalue weighted by Gasteiger charge is 2.55. The molecule has 1 fully saturated rings. The van der Waals surface area contributed by atoms with E-state index in [1.807, 2.05) is 5.70 Å². The topological polar surface area (TPSA) is 27.7 Å². The summed E-state index contributed by atoms with van der Waals surface area (Å²) in [4.78, 5) is 0. The van der Waals surface area contributed by atoms with E-state index in [-0.39, 0.29) is 0 Å². The molecule has 17 heavy (non-hydrogen) atoms. The van der Waals surface area contributed by atoms with Gasteiger partial charge in [0.15, 0.2) is 0 Å². The van der Waals surface area contributed by atoms with Crippen LogP contribution in [-0.4, -0.2) is 25.7 Å². The van der Waals surface area contributed by atoms with E-state index in [4.69, 9.17) is 12.3 Å². The smallest absolute Gasteiger partial charge is 0.346 e. The van der Waals surface area contributed by atoms with Crippen molar-refractivity contribution in [3.05, 3.63) is 12.3 Å². The highest BCUT2D eigenvalue weighted by molar-refractivity contribution is 6.95. The molecule has 1 saturated heterocycles. The molecular weight excluding hydrogens is 264 g/mol. The first-order chi connectivity index (χ1) is 7.86. The summed E-state index contributed by atoms with van der Waals surface area (Å²) in [6.45, 7) is 14.8. The van der Waals surface area contributed by atoms with Crippen molar-refractivity contribution >= 4 is 25.7 Å². The van der Waals surface area contributed by atoms with Crippen molar-refractivity contribution < 1.29 is 12.3 Å². The van der Waals surface area contributed by atoms with Crippen LogP contribution in [0.15, 0.2) is 12.3 Å². The third-order valence-electron chi connectivity index (χ3n) is 3.40. The first-order valence-corrected chi connectivity index (χ1v) is 13.8. The van der Waals surface area contributed by atoms with Crippen LogP contribution in [0.3, 0.4) is 0 Å². The zero-order valence-electron chi connectivity index (χ0n) is 11.8. The van der Waals surface area contributed by atoms with Crippen molar-refractivity contribution in [3.8, 4) is 0 Å². The maximum Gasteiger partial charge on any atom is 0.346 e. The maximum absolute atomic E-state index is 6.35. The Morgan fingerprint density at radius 1 is 0.941 bits per heavy atom. The second-order valence-corrected chi connectivity index (χ2v) is 16.0. The van der Waals surface area contributed by atoms with Crippen molar-refractivity contribution in [2.24, 2.45) is 0 Å². The van der Waals surface area contributed by atoms with Gasteiger partial charge >= 0.3 is 25.7 Å². The molecular formula is C11H26O3Si3. The fourth-order valence-electron chi connectivity index (χ4n) is 2.17. The predicted molar refractivity (Wildman–Crippen MR) is 78.5 cm³/mol. The molecule has 0 radical (unpaired) electrons. The lowest BCUT2D eigenvalue weighted by atomic mass is 10.6. The fraction of sp³-hybridized carbons (Fsp3) is 0.818. The molecule has 0 aromatic heterocycles. The zero-order valence-corrected chi connectivity index (χ0v) is 14.8. The quantitative estimate of drug-likeness (QED) is 0.721. The summed E-state index contributed by atoms with van der Waals surface area (Å²) in [5.74, 6) is 0. The van der Waals surface area contributed by atoms with Crippen molar-refractivity contribution in [3.63, 3.8) is 0 Å². The molecule has 3 nitrogen and oxygen atoms in total. The molecule has 2 atom stereocenters. The van der Waals surface area contributed by atoms with E-state index in [1.165, 1.54) is 0 Å². The lowest BCUT2D eigenvalue weighted by Crippen LogP contribution is -2.67. The van der Waals surface area contributed by atoms with E-state index in [0.29, 0.717) is 0 Å². The number of hydrogen-bond donors (Lipinski definition) is 0. The third-order valence-corrected chi connectivity index (χ3v) is 17.5. The Balaban J connectivity index is 3.03. The van der Waals surface area contributed by atoms with Crippen LogP contribution in [0, 0.1) is 0 Å². The zero-order chi connectivity index (χ0) is 13.2. The minimum Gasteiger partial charge on any atom is -0.416 e. The van der Waals surface area contributed by atoms with Gasteiger partial charge in [-0.2, -0.15) is 0 Å². The molecule has 0 aromatic carbocycles. The standard InChI is InChI=1S/C11H26O3Si3/c1-7-11-17(10-4)13-15(5,8-2)12-16(6,9-3)14-17/h10H,4,7-9,11H2,1-3,5-6H3. The van der Waals surface area contributed by atoms with Gasteiger partial charge in [-0.1, -0.05) is 32.9 Å². The Morgan fingerprint density at radius 2 is 1.41 bits per heavy atom. The molecule has 0 aromatic rings. The van der Waals surface area contributed by atoms with Crippen LogP contribution >= 0.6 is 0 Å². The molecule has 2 unspecified atom stereocenters. The Labute approximate surface area is 109 Å². The van der Waals surface area contributed by atoms with Crippen LogP contribution in [-0.2, 0) is 12.3 Å². The molecule has 0 bridgehead atoms. The molecule has 100 valence electrons. The van der Waals surface area contributed by atoms with E-state index in [1.54, 1.807) is 0 Å². The second kappa shape index (κ2) is 5.50. The average molecular weight is 291 g/mol. The predicted octanol–water partition coefficient (Wildman–Crippen LogP) is 3.81. The van der Waals surface area contributed by atoms with Gasteiger partial charge in [-0.3, -0.25) is 0 Å². The summed E-state index contributed by atoms with van der Waals surface area (Å²) in [7, 11) is -6.27. The van der Waals surface area contributed by atoms with Gasteiger partial charge in [-0.25, -0.2) is 0 Å². The van der Waals surface area contributed by atoms with Gasteiger partial charge in [0.2, 0.25) is 0 Å². The molecule has 0 aliphatic carbocycles. The molecule has 1 heterocycles. The van der Waals surface area contributed by atoms with E-state index in [2.05, 4.69) is 40.4 Å². The second-order valence-electron chi connectivity index (χ2n) is 5.05. The summed E-state index contributed by atoms with van der Waals surface area (Å²) in [6.07, 6.45) is 1.08. The molecule has 0 amide bonds. The highest BCUT2D eigenvalue weighted by Crippen LogP contribution is 2.37. The SMILES string of the molecule is C=C[Si]1(CCC)O[Si](C)(CC)O[Si](C)(CC)O1. The van der Waals surface area contributed by atoms with Crippen molar-refractivity contribution in [1.82, 2.24) is 0 Å². The van der Waals surface area contributed by atoms with Gasteiger partial charge in [-0.05, 0) is 31.2 Å². The van der Waals surface area contributed by atoms with E-state index >= 15 is 0 Å².